The lowest BCUT2D eigenvalue weighted by molar-refractivity contribution is -0.140. The molecular weight excluding hydrogens is 355 g/mol. The summed E-state index contributed by atoms with van der Waals surface area (Å²) in [6.45, 7) is -0.0660. The Morgan fingerprint density at radius 2 is 2.10 bits per heavy atom. The van der Waals surface area contributed by atoms with Crippen LogP contribution in [-0.4, -0.2) is 39.4 Å². The Morgan fingerprint density at radius 1 is 1.50 bits per heavy atom. The zero-order chi connectivity index (χ0) is 15.5. The Balaban J connectivity index is 3.04. The molecule has 20 heavy (non-hydrogen) atoms. The van der Waals surface area contributed by atoms with Crippen molar-refractivity contribution in [2.75, 3.05) is 26.4 Å². The van der Waals surface area contributed by atoms with Gasteiger partial charge in [0.2, 0.25) is 10.0 Å². The van der Waals surface area contributed by atoms with Crippen LogP contribution in [0.15, 0.2) is 21.5 Å². The van der Waals surface area contributed by atoms with Crippen LogP contribution in [0.5, 0.6) is 0 Å². The van der Waals surface area contributed by atoms with Gasteiger partial charge in [0.05, 0.1) is 23.7 Å². The van der Waals surface area contributed by atoms with E-state index in [0.29, 0.717) is 0 Å². The fourth-order valence-corrected chi connectivity index (χ4v) is 3.19. The van der Waals surface area contributed by atoms with E-state index < -0.39 is 21.8 Å². The molecule has 0 fully saturated rings. The third kappa shape index (κ3) is 3.68. The molecular formula is C11H14BrFN2O4S. The quantitative estimate of drug-likeness (QED) is 0.625. The Hall–Kier alpha value is -1.19. The number of rotatable bonds is 5. The first kappa shape index (κ1) is 16.9. The van der Waals surface area contributed by atoms with Crippen molar-refractivity contribution >= 4 is 37.6 Å². The van der Waals surface area contributed by atoms with Crippen LogP contribution < -0.4 is 5.73 Å². The molecule has 0 saturated heterocycles. The van der Waals surface area contributed by atoms with E-state index in [1.165, 1.54) is 14.2 Å². The van der Waals surface area contributed by atoms with Gasteiger partial charge in [-0.25, -0.2) is 17.1 Å². The van der Waals surface area contributed by atoms with Crippen molar-refractivity contribution in [3.8, 4) is 0 Å². The second-order valence-corrected chi connectivity index (χ2v) is 6.82. The Morgan fingerprint density at radius 3 is 2.65 bits per heavy atom. The molecule has 0 bridgehead atoms. The Kier molecular flexibility index (Phi) is 5.49. The van der Waals surface area contributed by atoms with Crippen LogP contribution in [0.3, 0.4) is 0 Å². The highest BCUT2D eigenvalue weighted by Crippen LogP contribution is 2.28. The predicted molar refractivity (Wildman–Crippen MR) is 75.0 cm³/mol. The number of carbonyl (C=O) groups is 1. The minimum Gasteiger partial charge on any atom is -0.469 e. The molecule has 0 heterocycles. The summed E-state index contributed by atoms with van der Waals surface area (Å²) in [5, 5.41) is 0. The lowest BCUT2D eigenvalue weighted by Crippen LogP contribution is -2.30. The normalized spacial score (nSPS) is 11.7. The van der Waals surface area contributed by atoms with Crippen LogP contribution in [0.1, 0.15) is 6.42 Å². The van der Waals surface area contributed by atoms with Crippen LogP contribution in [0.4, 0.5) is 10.1 Å². The summed E-state index contributed by atoms with van der Waals surface area (Å²) in [5.41, 5.74) is 5.34. The minimum absolute atomic E-state index is 0.00774. The number of ether oxygens (including phenoxy) is 1. The summed E-state index contributed by atoms with van der Waals surface area (Å²) >= 11 is 2.91. The molecule has 0 aliphatic carbocycles. The number of nitrogens with two attached hydrogens (primary N) is 1. The molecule has 6 nitrogen and oxygen atoms in total. The van der Waals surface area contributed by atoms with Crippen molar-refractivity contribution in [1.82, 2.24) is 4.31 Å². The van der Waals surface area contributed by atoms with Gasteiger partial charge in [-0.3, -0.25) is 4.79 Å². The zero-order valence-electron chi connectivity index (χ0n) is 10.9. The number of halogens is 2. The maximum Gasteiger partial charge on any atom is 0.306 e. The molecule has 0 spiro atoms. The number of nitrogens with zero attached hydrogens (tertiary/aromatic N) is 1. The largest absolute Gasteiger partial charge is 0.469 e. The highest BCUT2D eigenvalue weighted by molar-refractivity contribution is 9.10. The molecule has 0 amide bonds. The van der Waals surface area contributed by atoms with E-state index in [1.54, 1.807) is 0 Å². The summed E-state index contributed by atoms with van der Waals surface area (Å²) in [6.07, 6.45) is -0.0888. The first-order chi connectivity index (χ1) is 9.20. The van der Waals surface area contributed by atoms with Gasteiger partial charge in [-0.2, -0.15) is 0 Å². The smallest absolute Gasteiger partial charge is 0.306 e. The van der Waals surface area contributed by atoms with Crippen molar-refractivity contribution in [3.05, 3.63) is 22.4 Å². The minimum atomic E-state index is -3.91. The number of anilines is 1. The third-order valence-corrected chi connectivity index (χ3v) is 5.12. The van der Waals surface area contributed by atoms with Crippen LogP contribution in [0, 0.1) is 5.82 Å². The standard InChI is InChI=1S/C11H14BrFN2O4S/c1-15(4-3-11(16)19-2)20(17,18)10-5-7(12)8(13)6-9(10)14/h5-6H,3-4,14H2,1-2H3. The predicted octanol–water partition coefficient (Wildman–Crippen LogP) is 1.35. The van der Waals surface area contributed by atoms with Crippen molar-refractivity contribution in [2.45, 2.75) is 11.3 Å². The molecule has 9 heteroatoms. The number of benzene rings is 1. The van der Waals surface area contributed by atoms with E-state index in [2.05, 4.69) is 20.7 Å². The molecule has 0 aliphatic heterocycles. The average Bonchev–Trinajstić information content (AvgIpc) is 2.39. The van der Waals surface area contributed by atoms with Gasteiger partial charge in [-0.05, 0) is 28.1 Å². The molecule has 0 aliphatic rings. The van der Waals surface area contributed by atoms with Crippen LogP contribution in [0.25, 0.3) is 0 Å². The molecule has 112 valence electrons. The van der Waals surface area contributed by atoms with E-state index in [0.717, 1.165) is 16.4 Å². The van der Waals surface area contributed by atoms with Crippen LogP contribution >= 0.6 is 15.9 Å². The summed E-state index contributed by atoms with van der Waals surface area (Å²) in [4.78, 5) is 10.8. The summed E-state index contributed by atoms with van der Waals surface area (Å²) in [7, 11) is -1.39. The number of esters is 1. The fraction of sp³-hybridized carbons (Fsp3) is 0.364. The van der Waals surface area contributed by atoms with Gasteiger partial charge in [0.25, 0.3) is 0 Å². The number of carbonyl (C=O) groups excluding carboxylic acids is 1. The van der Waals surface area contributed by atoms with Gasteiger partial charge in [0, 0.05) is 13.6 Å². The Labute approximate surface area is 124 Å². The molecule has 0 aromatic heterocycles. The molecule has 2 N–H and O–H groups in total. The van der Waals surface area contributed by atoms with Crippen molar-refractivity contribution in [1.29, 1.82) is 0 Å². The van der Waals surface area contributed by atoms with E-state index in [1.807, 2.05) is 0 Å². The van der Waals surface area contributed by atoms with E-state index in [-0.39, 0.29) is 28.0 Å². The van der Waals surface area contributed by atoms with E-state index in [9.17, 15) is 17.6 Å². The molecule has 1 rings (SSSR count). The lowest BCUT2D eigenvalue weighted by atomic mass is 10.3. The van der Waals surface area contributed by atoms with E-state index >= 15 is 0 Å². The zero-order valence-corrected chi connectivity index (χ0v) is 13.3. The van der Waals surface area contributed by atoms with E-state index in [4.69, 9.17) is 5.73 Å². The monoisotopic (exact) mass is 368 g/mol. The van der Waals surface area contributed by atoms with Crippen molar-refractivity contribution in [2.24, 2.45) is 0 Å². The van der Waals surface area contributed by atoms with Crippen LogP contribution in [-0.2, 0) is 19.6 Å². The van der Waals surface area contributed by atoms with Crippen molar-refractivity contribution in [3.63, 3.8) is 0 Å². The topological polar surface area (TPSA) is 89.7 Å². The maximum atomic E-state index is 13.3. The van der Waals surface area contributed by atoms with Gasteiger partial charge in [0.1, 0.15) is 10.7 Å². The lowest BCUT2D eigenvalue weighted by Gasteiger charge is -2.18. The van der Waals surface area contributed by atoms with Gasteiger partial charge in [-0.1, -0.05) is 0 Å². The number of hydrogen-bond acceptors (Lipinski definition) is 5. The van der Waals surface area contributed by atoms with Crippen molar-refractivity contribution < 1.29 is 22.3 Å². The van der Waals surface area contributed by atoms with Gasteiger partial charge < -0.3 is 10.5 Å². The number of sulfonamides is 1. The summed E-state index contributed by atoms with van der Waals surface area (Å²) < 4.78 is 43.2. The Bertz CT molecular complexity index is 621. The third-order valence-electron chi connectivity index (χ3n) is 2.60. The molecule has 0 unspecified atom stereocenters. The molecule has 0 atom stereocenters. The molecule has 1 aromatic carbocycles. The van der Waals surface area contributed by atoms with Gasteiger partial charge in [0.15, 0.2) is 0 Å². The van der Waals surface area contributed by atoms with Crippen LogP contribution in [0.2, 0.25) is 0 Å². The fourth-order valence-electron chi connectivity index (χ4n) is 1.41. The summed E-state index contributed by atoms with van der Waals surface area (Å²) in [6, 6.07) is 2.01. The second kappa shape index (κ2) is 6.51. The average molecular weight is 369 g/mol. The first-order valence-electron chi connectivity index (χ1n) is 5.47. The maximum absolute atomic E-state index is 13.3. The number of hydrogen-bond donors (Lipinski definition) is 1. The SMILES string of the molecule is COC(=O)CCN(C)S(=O)(=O)c1cc(Br)c(F)cc1N. The second-order valence-electron chi connectivity index (χ2n) is 3.96. The number of methoxy groups -OCH3 is 1. The highest BCUT2D eigenvalue weighted by atomic mass is 79.9. The molecule has 1 aromatic rings. The van der Waals surface area contributed by atoms with Gasteiger partial charge in [-0.15, -0.1) is 0 Å². The number of nitrogen functional groups attached to an aromatic ring is 1. The highest BCUT2D eigenvalue weighted by Gasteiger charge is 2.25. The summed E-state index contributed by atoms with van der Waals surface area (Å²) in [5.74, 6) is -1.18. The first-order valence-corrected chi connectivity index (χ1v) is 7.71. The molecule has 0 saturated carbocycles. The van der Waals surface area contributed by atoms with Gasteiger partial charge >= 0.3 is 5.97 Å². The molecule has 0 radical (unpaired) electrons.